The molecule has 0 amide bonds. The van der Waals surface area contributed by atoms with Crippen molar-refractivity contribution in [2.24, 2.45) is 0 Å². The lowest BCUT2D eigenvalue weighted by atomic mass is 10.2. The van der Waals surface area contributed by atoms with Crippen molar-refractivity contribution in [1.29, 1.82) is 0 Å². The second-order valence-electron chi connectivity index (χ2n) is 4.82. The van der Waals surface area contributed by atoms with Gasteiger partial charge in [0.15, 0.2) is 17.4 Å². The Morgan fingerprint density at radius 3 is 2.58 bits per heavy atom. The van der Waals surface area contributed by atoms with E-state index in [0.29, 0.717) is 31.2 Å². The first-order valence-corrected chi connectivity index (χ1v) is 6.65. The highest BCUT2D eigenvalue weighted by molar-refractivity contribution is 5.31. The van der Waals surface area contributed by atoms with Crippen molar-refractivity contribution in [3.05, 3.63) is 42.0 Å². The Bertz CT molecular complexity index is 421. The van der Waals surface area contributed by atoms with Crippen molar-refractivity contribution in [3.8, 4) is 5.75 Å². The largest absolute Gasteiger partial charge is 0.488 e. The Morgan fingerprint density at radius 2 is 2.00 bits per heavy atom. The molecule has 0 heterocycles. The molecule has 0 radical (unpaired) electrons. The molecular formula is C15H19F2NO. The summed E-state index contributed by atoms with van der Waals surface area (Å²) in [7, 11) is 0. The molecule has 2 rings (SSSR count). The van der Waals surface area contributed by atoms with Gasteiger partial charge >= 0.3 is 0 Å². The van der Waals surface area contributed by atoms with Gasteiger partial charge < -0.3 is 10.1 Å². The Labute approximate surface area is 112 Å². The van der Waals surface area contributed by atoms with Crippen LogP contribution in [-0.4, -0.2) is 12.6 Å². The predicted octanol–water partition coefficient (Wildman–Crippen LogP) is 3.56. The zero-order chi connectivity index (χ0) is 13.7. The number of unbranched alkanes of at least 4 members (excludes halogenated alkanes) is 1. The molecule has 1 aliphatic rings. The van der Waals surface area contributed by atoms with Crippen molar-refractivity contribution >= 4 is 0 Å². The minimum absolute atomic E-state index is 0.278. The molecule has 19 heavy (non-hydrogen) atoms. The van der Waals surface area contributed by atoms with Gasteiger partial charge in [-0.2, -0.15) is 0 Å². The number of ether oxygens (including phenoxy) is 1. The van der Waals surface area contributed by atoms with Gasteiger partial charge in [0.2, 0.25) is 0 Å². The third kappa shape index (κ3) is 4.31. The van der Waals surface area contributed by atoms with Crippen LogP contribution in [0.3, 0.4) is 0 Å². The van der Waals surface area contributed by atoms with Gasteiger partial charge in [-0.05, 0) is 43.4 Å². The van der Waals surface area contributed by atoms with Crippen LogP contribution in [0.5, 0.6) is 5.75 Å². The van der Waals surface area contributed by atoms with Crippen LogP contribution in [0.1, 0.15) is 31.2 Å². The van der Waals surface area contributed by atoms with Gasteiger partial charge in [-0.15, -0.1) is 6.58 Å². The zero-order valence-corrected chi connectivity index (χ0v) is 10.9. The summed E-state index contributed by atoms with van der Waals surface area (Å²) in [5.74, 6) is -1.54. The molecule has 4 heteroatoms. The normalized spacial score (nSPS) is 14.4. The fraction of sp³-hybridized carbons (Fsp3) is 0.467. The number of hydrogen-bond donors (Lipinski definition) is 1. The van der Waals surface area contributed by atoms with Gasteiger partial charge in [0.25, 0.3) is 0 Å². The van der Waals surface area contributed by atoms with E-state index in [1.807, 2.05) is 0 Å². The van der Waals surface area contributed by atoms with E-state index in [1.54, 1.807) is 6.08 Å². The van der Waals surface area contributed by atoms with Crippen LogP contribution in [0.4, 0.5) is 8.78 Å². The molecule has 2 nitrogen and oxygen atoms in total. The summed E-state index contributed by atoms with van der Waals surface area (Å²) in [6, 6.07) is 3.18. The van der Waals surface area contributed by atoms with E-state index in [1.165, 1.54) is 12.1 Å². The molecule has 0 aliphatic heterocycles. The fourth-order valence-corrected chi connectivity index (χ4v) is 1.80. The highest BCUT2D eigenvalue weighted by Gasteiger charge is 2.20. The molecule has 0 spiro atoms. The van der Waals surface area contributed by atoms with Gasteiger partial charge in [-0.25, -0.2) is 8.78 Å². The molecule has 0 saturated heterocycles. The van der Waals surface area contributed by atoms with Crippen molar-refractivity contribution in [1.82, 2.24) is 5.32 Å². The van der Waals surface area contributed by atoms with E-state index < -0.39 is 11.6 Å². The quantitative estimate of drug-likeness (QED) is 0.574. The lowest BCUT2D eigenvalue weighted by Gasteiger charge is -2.10. The lowest BCUT2D eigenvalue weighted by molar-refractivity contribution is 0.280. The molecule has 1 fully saturated rings. The Balaban J connectivity index is 1.92. The van der Waals surface area contributed by atoms with Crippen LogP contribution >= 0.6 is 0 Å². The maximum Gasteiger partial charge on any atom is 0.190 e. The third-order valence-electron chi connectivity index (χ3n) is 3.03. The van der Waals surface area contributed by atoms with Crippen LogP contribution in [-0.2, 0) is 6.54 Å². The average Bonchev–Trinajstić information content (AvgIpc) is 3.18. The summed E-state index contributed by atoms with van der Waals surface area (Å²) in [4.78, 5) is 0. The van der Waals surface area contributed by atoms with Gasteiger partial charge in [0.1, 0.15) is 0 Å². The Kier molecular flexibility index (Phi) is 4.91. The Morgan fingerprint density at radius 1 is 1.32 bits per heavy atom. The van der Waals surface area contributed by atoms with Crippen LogP contribution < -0.4 is 10.1 Å². The maximum atomic E-state index is 13.7. The van der Waals surface area contributed by atoms with Crippen molar-refractivity contribution < 1.29 is 13.5 Å². The van der Waals surface area contributed by atoms with Crippen molar-refractivity contribution in [2.75, 3.05) is 6.61 Å². The molecule has 0 atom stereocenters. The molecule has 1 saturated carbocycles. The average molecular weight is 267 g/mol. The number of halogens is 2. The number of hydrogen-bond acceptors (Lipinski definition) is 2. The van der Waals surface area contributed by atoms with Crippen LogP contribution in [0, 0.1) is 11.6 Å². The summed E-state index contributed by atoms with van der Waals surface area (Å²) < 4.78 is 32.6. The van der Waals surface area contributed by atoms with Crippen molar-refractivity contribution in [2.45, 2.75) is 38.3 Å². The number of allylic oxidation sites excluding steroid dienone is 1. The highest BCUT2D eigenvalue weighted by atomic mass is 19.1. The van der Waals surface area contributed by atoms with E-state index >= 15 is 0 Å². The van der Waals surface area contributed by atoms with E-state index in [2.05, 4.69) is 11.9 Å². The first kappa shape index (κ1) is 14.0. The summed E-state index contributed by atoms with van der Waals surface area (Å²) >= 11 is 0. The summed E-state index contributed by atoms with van der Waals surface area (Å²) in [5, 5.41) is 3.22. The number of nitrogens with one attached hydrogen (secondary N) is 1. The molecule has 104 valence electrons. The van der Waals surface area contributed by atoms with Crippen LogP contribution in [0.25, 0.3) is 0 Å². The second-order valence-corrected chi connectivity index (χ2v) is 4.82. The maximum absolute atomic E-state index is 13.7. The van der Waals surface area contributed by atoms with Gasteiger partial charge in [-0.1, -0.05) is 6.08 Å². The fourth-order valence-electron chi connectivity index (χ4n) is 1.80. The van der Waals surface area contributed by atoms with Crippen LogP contribution in [0.2, 0.25) is 0 Å². The number of benzene rings is 1. The van der Waals surface area contributed by atoms with Gasteiger partial charge in [0.05, 0.1) is 6.61 Å². The highest BCUT2D eigenvalue weighted by Crippen LogP contribution is 2.25. The van der Waals surface area contributed by atoms with Crippen molar-refractivity contribution in [3.63, 3.8) is 0 Å². The van der Waals surface area contributed by atoms with E-state index in [-0.39, 0.29) is 5.75 Å². The monoisotopic (exact) mass is 267 g/mol. The van der Waals surface area contributed by atoms with Gasteiger partial charge in [0, 0.05) is 12.6 Å². The molecule has 0 aromatic heterocycles. The smallest absolute Gasteiger partial charge is 0.190 e. The summed E-state index contributed by atoms with van der Waals surface area (Å²) in [6.45, 7) is 4.37. The Hall–Kier alpha value is -1.42. The molecule has 0 bridgehead atoms. The molecule has 1 N–H and O–H groups in total. The van der Waals surface area contributed by atoms with E-state index in [0.717, 1.165) is 19.3 Å². The molecule has 1 aromatic carbocycles. The minimum atomic E-state index is -0.633. The topological polar surface area (TPSA) is 21.3 Å². The third-order valence-corrected chi connectivity index (χ3v) is 3.03. The molecule has 0 unspecified atom stereocenters. The second kappa shape index (κ2) is 6.66. The van der Waals surface area contributed by atoms with Crippen LogP contribution in [0.15, 0.2) is 24.8 Å². The SMILES string of the molecule is C=CCCCOc1c(F)cc(CNC2CC2)cc1F. The molecular weight excluding hydrogens is 248 g/mol. The first-order chi connectivity index (χ1) is 9.20. The molecule has 1 aliphatic carbocycles. The van der Waals surface area contributed by atoms with E-state index in [4.69, 9.17) is 4.74 Å². The van der Waals surface area contributed by atoms with E-state index in [9.17, 15) is 8.78 Å². The summed E-state index contributed by atoms with van der Waals surface area (Å²) in [5.41, 5.74) is 0.611. The molecule has 1 aromatic rings. The standard InChI is InChI=1S/C15H19F2NO/c1-2-3-4-7-19-15-13(16)8-11(9-14(15)17)10-18-12-5-6-12/h2,8-9,12,18H,1,3-7,10H2. The minimum Gasteiger partial charge on any atom is -0.488 e. The summed E-state index contributed by atoms with van der Waals surface area (Å²) in [6.07, 6.45) is 5.52. The number of rotatable bonds is 8. The lowest BCUT2D eigenvalue weighted by Crippen LogP contribution is -2.15. The predicted molar refractivity (Wildman–Crippen MR) is 71.1 cm³/mol. The first-order valence-electron chi connectivity index (χ1n) is 6.65. The zero-order valence-electron chi connectivity index (χ0n) is 10.9. The van der Waals surface area contributed by atoms with Gasteiger partial charge in [-0.3, -0.25) is 0 Å².